The highest BCUT2D eigenvalue weighted by atomic mass is 32.2. The van der Waals surface area contributed by atoms with Crippen LogP contribution in [0.5, 0.6) is 5.75 Å². The Morgan fingerprint density at radius 1 is 1.00 bits per heavy atom. The Hall–Kier alpha value is -3.46. The molecular weight excluding hydrogens is 426 g/mol. The number of ether oxygens (including phenoxy) is 1. The molecule has 0 atom stereocenters. The molecule has 3 rings (SSSR count). The van der Waals surface area contributed by atoms with Gasteiger partial charge in [0.2, 0.25) is 5.91 Å². The number of alkyl halides is 2. The molecule has 0 spiro atoms. The summed E-state index contributed by atoms with van der Waals surface area (Å²) in [6, 6.07) is 20.0. The van der Waals surface area contributed by atoms with Crippen LogP contribution < -0.4 is 14.4 Å². The van der Waals surface area contributed by atoms with Gasteiger partial charge in [-0.05, 0) is 61.0 Å². The van der Waals surface area contributed by atoms with Crippen molar-refractivity contribution in [2.24, 2.45) is 0 Å². The summed E-state index contributed by atoms with van der Waals surface area (Å²) in [5.41, 5.74) is 1.41. The van der Waals surface area contributed by atoms with Gasteiger partial charge in [0.25, 0.3) is 10.0 Å². The monoisotopic (exact) mass is 446 g/mol. The summed E-state index contributed by atoms with van der Waals surface area (Å²) in [6.45, 7) is -1.65. The molecule has 6 nitrogen and oxygen atoms in total. The molecule has 31 heavy (non-hydrogen) atoms. The van der Waals surface area contributed by atoms with Gasteiger partial charge in [-0.1, -0.05) is 30.3 Å². The minimum absolute atomic E-state index is 0.0547. The Labute approximate surface area is 179 Å². The van der Waals surface area contributed by atoms with Crippen LogP contribution in [0, 0.1) is 6.92 Å². The van der Waals surface area contributed by atoms with Crippen molar-refractivity contribution in [2.45, 2.75) is 18.4 Å². The van der Waals surface area contributed by atoms with Crippen LogP contribution in [0.25, 0.3) is 0 Å². The number of nitrogens with zero attached hydrogens (tertiary/aromatic N) is 1. The summed E-state index contributed by atoms with van der Waals surface area (Å²) in [7, 11) is -4.02. The van der Waals surface area contributed by atoms with E-state index in [1.165, 1.54) is 36.4 Å². The molecule has 1 amide bonds. The molecule has 0 radical (unpaired) electrons. The number of para-hydroxylation sites is 1. The highest BCUT2D eigenvalue weighted by Crippen LogP contribution is 2.24. The highest BCUT2D eigenvalue weighted by Gasteiger charge is 2.27. The number of sulfonamides is 1. The van der Waals surface area contributed by atoms with Crippen molar-refractivity contribution in [3.05, 3.63) is 84.4 Å². The number of carbonyl (C=O) groups excluding carboxylic acids is 1. The van der Waals surface area contributed by atoms with Crippen molar-refractivity contribution < 1.29 is 26.7 Å². The summed E-state index contributed by atoms with van der Waals surface area (Å²) in [6.07, 6.45) is 0. The van der Waals surface area contributed by atoms with E-state index in [2.05, 4.69) is 10.1 Å². The van der Waals surface area contributed by atoms with Gasteiger partial charge in [0.15, 0.2) is 0 Å². The molecule has 162 valence electrons. The predicted octanol–water partition coefficient (Wildman–Crippen LogP) is 4.43. The van der Waals surface area contributed by atoms with E-state index in [9.17, 15) is 22.0 Å². The number of carbonyl (C=O) groups is 1. The predicted molar refractivity (Wildman–Crippen MR) is 114 cm³/mol. The molecule has 9 heteroatoms. The first kappa shape index (κ1) is 22.2. The fraction of sp³-hybridized carbons (Fsp3) is 0.136. The van der Waals surface area contributed by atoms with E-state index in [4.69, 9.17) is 0 Å². The minimum Gasteiger partial charge on any atom is -0.435 e. The van der Waals surface area contributed by atoms with E-state index in [1.807, 2.05) is 0 Å². The fourth-order valence-corrected chi connectivity index (χ4v) is 4.39. The zero-order valence-corrected chi connectivity index (χ0v) is 17.4. The second-order valence-corrected chi connectivity index (χ2v) is 8.48. The molecule has 1 N–H and O–H groups in total. The van der Waals surface area contributed by atoms with Crippen molar-refractivity contribution in [2.75, 3.05) is 16.2 Å². The first-order chi connectivity index (χ1) is 14.8. The van der Waals surface area contributed by atoms with Gasteiger partial charge < -0.3 is 10.1 Å². The molecule has 0 saturated carbocycles. The SMILES string of the molecule is Cc1cccc(S(=O)(=O)N(CC(=O)Nc2ccc(OC(F)F)cc2)c2ccccc2)c1. The molecule has 3 aromatic carbocycles. The van der Waals surface area contributed by atoms with Gasteiger partial charge in [-0.3, -0.25) is 9.10 Å². The van der Waals surface area contributed by atoms with Crippen LogP contribution in [-0.4, -0.2) is 27.5 Å². The van der Waals surface area contributed by atoms with Gasteiger partial charge in [0.1, 0.15) is 12.3 Å². The zero-order valence-electron chi connectivity index (χ0n) is 16.5. The van der Waals surface area contributed by atoms with Gasteiger partial charge in [0.05, 0.1) is 10.6 Å². The average Bonchev–Trinajstić information content (AvgIpc) is 2.73. The number of nitrogens with one attached hydrogen (secondary N) is 1. The Morgan fingerprint density at radius 3 is 2.29 bits per heavy atom. The van der Waals surface area contributed by atoms with Crippen molar-refractivity contribution >= 4 is 27.3 Å². The minimum atomic E-state index is -4.02. The van der Waals surface area contributed by atoms with Crippen LogP contribution in [0.1, 0.15) is 5.56 Å². The molecule has 0 aliphatic carbocycles. The first-order valence-corrected chi connectivity index (χ1v) is 10.7. The summed E-state index contributed by atoms with van der Waals surface area (Å²) < 4.78 is 56.4. The molecule has 0 saturated heterocycles. The lowest BCUT2D eigenvalue weighted by Gasteiger charge is -2.24. The second-order valence-electron chi connectivity index (χ2n) is 6.61. The molecule has 0 heterocycles. The molecule has 0 unspecified atom stereocenters. The van der Waals surface area contributed by atoms with Crippen LogP contribution in [0.15, 0.2) is 83.8 Å². The number of benzene rings is 3. The normalized spacial score (nSPS) is 11.2. The maximum absolute atomic E-state index is 13.3. The third kappa shape index (κ3) is 5.79. The molecule has 0 aliphatic heterocycles. The third-order valence-corrected chi connectivity index (χ3v) is 6.04. The first-order valence-electron chi connectivity index (χ1n) is 9.25. The van der Waals surface area contributed by atoms with Crippen LogP contribution in [0.3, 0.4) is 0 Å². The van der Waals surface area contributed by atoms with Crippen molar-refractivity contribution in [3.63, 3.8) is 0 Å². The number of anilines is 2. The Bertz CT molecular complexity index is 1140. The zero-order chi connectivity index (χ0) is 22.4. The second kappa shape index (κ2) is 9.57. The number of rotatable bonds is 8. The molecule has 3 aromatic rings. The van der Waals surface area contributed by atoms with Gasteiger partial charge >= 0.3 is 6.61 Å². The largest absolute Gasteiger partial charge is 0.435 e. The van der Waals surface area contributed by atoms with Gasteiger partial charge in [-0.15, -0.1) is 0 Å². The third-order valence-electron chi connectivity index (χ3n) is 4.27. The molecule has 0 aromatic heterocycles. The maximum Gasteiger partial charge on any atom is 0.387 e. The van der Waals surface area contributed by atoms with E-state index in [1.54, 1.807) is 49.4 Å². The van der Waals surface area contributed by atoms with E-state index in [-0.39, 0.29) is 10.6 Å². The van der Waals surface area contributed by atoms with E-state index in [0.29, 0.717) is 11.4 Å². The van der Waals surface area contributed by atoms with Crippen molar-refractivity contribution in [1.29, 1.82) is 0 Å². The van der Waals surface area contributed by atoms with E-state index in [0.717, 1.165) is 9.87 Å². The highest BCUT2D eigenvalue weighted by molar-refractivity contribution is 7.92. The average molecular weight is 446 g/mol. The molecule has 0 fully saturated rings. The van der Waals surface area contributed by atoms with Crippen LogP contribution in [0.4, 0.5) is 20.2 Å². The van der Waals surface area contributed by atoms with Crippen LogP contribution in [0.2, 0.25) is 0 Å². The summed E-state index contributed by atoms with van der Waals surface area (Å²) >= 11 is 0. The fourth-order valence-electron chi connectivity index (χ4n) is 2.86. The summed E-state index contributed by atoms with van der Waals surface area (Å²) in [5.74, 6) is -0.649. The molecule has 0 bridgehead atoms. The number of amides is 1. The summed E-state index contributed by atoms with van der Waals surface area (Å²) in [4.78, 5) is 12.7. The van der Waals surface area contributed by atoms with Gasteiger partial charge in [-0.25, -0.2) is 8.42 Å². The number of hydrogen-bond donors (Lipinski definition) is 1. The lowest BCUT2D eigenvalue weighted by Crippen LogP contribution is -2.38. The molecular formula is C22H20F2N2O4S. The lowest BCUT2D eigenvalue weighted by atomic mass is 10.2. The van der Waals surface area contributed by atoms with Crippen molar-refractivity contribution in [3.8, 4) is 5.75 Å². The quantitative estimate of drug-likeness (QED) is 0.556. The Balaban J connectivity index is 1.83. The van der Waals surface area contributed by atoms with Gasteiger partial charge in [0, 0.05) is 5.69 Å². The van der Waals surface area contributed by atoms with E-state index >= 15 is 0 Å². The van der Waals surface area contributed by atoms with Crippen LogP contribution >= 0.6 is 0 Å². The van der Waals surface area contributed by atoms with Crippen LogP contribution in [-0.2, 0) is 14.8 Å². The van der Waals surface area contributed by atoms with Crippen molar-refractivity contribution in [1.82, 2.24) is 0 Å². The lowest BCUT2D eigenvalue weighted by molar-refractivity contribution is -0.114. The Kier molecular flexibility index (Phi) is 6.86. The van der Waals surface area contributed by atoms with E-state index < -0.39 is 29.1 Å². The smallest absolute Gasteiger partial charge is 0.387 e. The topological polar surface area (TPSA) is 75.7 Å². The van der Waals surface area contributed by atoms with Gasteiger partial charge in [-0.2, -0.15) is 8.78 Å². The maximum atomic E-state index is 13.3. The standard InChI is InChI=1S/C22H20F2N2O4S/c1-16-6-5-9-20(14-16)31(28,29)26(18-7-3-2-4-8-18)15-21(27)25-17-10-12-19(13-11-17)30-22(23)24/h2-14,22H,15H2,1H3,(H,25,27). The number of halogens is 2. The Morgan fingerprint density at radius 2 is 1.68 bits per heavy atom. The summed E-state index contributed by atoms with van der Waals surface area (Å²) in [5, 5.41) is 2.57. The number of aryl methyl sites for hydroxylation is 1. The molecule has 0 aliphatic rings. The number of hydrogen-bond acceptors (Lipinski definition) is 4.